The molecule has 0 aromatic rings. The van der Waals surface area contributed by atoms with Gasteiger partial charge in [0.1, 0.15) is 0 Å². The van der Waals surface area contributed by atoms with Crippen molar-refractivity contribution in [2.24, 2.45) is 5.41 Å². The van der Waals surface area contributed by atoms with Gasteiger partial charge in [-0.3, -0.25) is 18.5 Å². The van der Waals surface area contributed by atoms with Crippen LogP contribution < -0.4 is 0 Å². The van der Waals surface area contributed by atoms with Crippen LogP contribution >= 0.6 is 17.2 Å². The molecule has 4 unspecified atom stereocenters. The molecule has 0 amide bonds. The first-order valence-electron chi connectivity index (χ1n) is 10.8. The number of hydrogen-bond donors (Lipinski definition) is 0. The summed E-state index contributed by atoms with van der Waals surface area (Å²) >= 11 is 0. The predicted molar refractivity (Wildman–Crippen MR) is 117 cm³/mol. The average molecular weight is 520 g/mol. The summed E-state index contributed by atoms with van der Waals surface area (Å²) in [6.07, 6.45) is -1.05. The highest BCUT2D eigenvalue weighted by Crippen LogP contribution is 2.55. The molecule has 0 aliphatic carbocycles. The Hall–Kier alpha value is 0.380. The van der Waals surface area contributed by atoms with Crippen LogP contribution in [0.5, 0.6) is 0 Å². The molecule has 2 fully saturated rings. The van der Waals surface area contributed by atoms with Gasteiger partial charge in [0.15, 0.2) is 12.6 Å². The zero-order valence-electron chi connectivity index (χ0n) is 20.7. The highest BCUT2D eigenvalue weighted by Gasteiger charge is 2.47. The monoisotopic (exact) mass is 520 g/mol. The van der Waals surface area contributed by atoms with Gasteiger partial charge in [0.2, 0.25) is 0 Å². The fourth-order valence-corrected chi connectivity index (χ4v) is 5.47. The molecule has 0 saturated carbocycles. The molecular formula is C19H38O12P2. The van der Waals surface area contributed by atoms with Gasteiger partial charge < -0.3 is 37.0 Å². The van der Waals surface area contributed by atoms with Crippen LogP contribution in [-0.4, -0.2) is 78.4 Å². The van der Waals surface area contributed by atoms with Crippen LogP contribution in [0.25, 0.3) is 0 Å². The van der Waals surface area contributed by atoms with Gasteiger partial charge >= 0.3 is 17.2 Å². The van der Waals surface area contributed by atoms with Crippen molar-refractivity contribution in [3.8, 4) is 0 Å². The largest absolute Gasteiger partial charge is 0.353 e. The lowest BCUT2D eigenvalue weighted by Gasteiger charge is -2.43. The molecule has 2 heterocycles. The Morgan fingerprint density at radius 1 is 0.727 bits per heavy atom. The third-order valence-corrected chi connectivity index (χ3v) is 7.01. The number of rotatable bonds is 14. The topological polar surface area (TPSA) is 111 Å². The Morgan fingerprint density at radius 2 is 1.06 bits per heavy atom. The molecule has 0 N–H and O–H groups in total. The van der Waals surface area contributed by atoms with Crippen molar-refractivity contribution in [1.82, 2.24) is 0 Å². The van der Waals surface area contributed by atoms with Crippen LogP contribution in [0.1, 0.15) is 41.5 Å². The van der Waals surface area contributed by atoms with Crippen molar-refractivity contribution < 1.29 is 55.6 Å². The summed E-state index contributed by atoms with van der Waals surface area (Å²) < 4.78 is 67.6. The van der Waals surface area contributed by atoms with Gasteiger partial charge in [-0.25, -0.2) is 0 Å². The fraction of sp³-hybridized carbons (Fsp3) is 1.00. The van der Waals surface area contributed by atoms with Gasteiger partial charge in [0.25, 0.3) is 11.9 Å². The maximum atomic E-state index is 5.81. The molecule has 0 bridgehead atoms. The summed E-state index contributed by atoms with van der Waals surface area (Å²) in [4.78, 5) is 0. The average Bonchev–Trinajstić information content (AvgIpc) is 2.77. The highest BCUT2D eigenvalue weighted by molar-refractivity contribution is 7.42. The molecule has 2 aliphatic rings. The van der Waals surface area contributed by atoms with E-state index in [1.807, 2.05) is 13.8 Å². The third kappa shape index (κ3) is 9.40. The number of hydrogen-bond acceptors (Lipinski definition) is 12. The van der Waals surface area contributed by atoms with Crippen LogP contribution in [0.3, 0.4) is 0 Å². The quantitative estimate of drug-likeness (QED) is 0.244. The van der Waals surface area contributed by atoms with Gasteiger partial charge in [-0.05, 0) is 27.7 Å². The normalized spacial score (nSPS) is 31.6. The number of methoxy groups -OCH3 is 2. The maximum absolute atomic E-state index is 5.81. The van der Waals surface area contributed by atoms with Crippen LogP contribution in [0, 0.1) is 5.41 Å². The van der Waals surface area contributed by atoms with Gasteiger partial charge in [-0.1, -0.05) is 0 Å². The molecule has 1 spiro atoms. The minimum Gasteiger partial charge on any atom is -0.353 e. The van der Waals surface area contributed by atoms with E-state index in [1.165, 1.54) is 14.2 Å². The summed E-state index contributed by atoms with van der Waals surface area (Å²) in [5.74, 6) is -2.76. The van der Waals surface area contributed by atoms with Crippen molar-refractivity contribution in [3.63, 3.8) is 0 Å². The molecule has 196 valence electrons. The zero-order valence-corrected chi connectivity index (χ0v) is 22.5. The van der Waals surface area contributed by atoms with E-state index in [9.17, 15) is 0 Å². The second kappa shape index (κ2) is 13.6. The molecule has 14 heteroatoms. The molecule has 2 saturated heterocycles. The first kappa shape index (κ1) is 29.6. The first-order chi connectivity index (χ1) is 15.6. The van der Waals surface area contributed by atoms with Crippen molar-refractivity contribution in [3.05, 3.63) is 0 Å². The van der Waals surface area contributed by atoms with E-state index in [0.717, 1.165) is 0 Å². The highest BCUT2D eigenvalue weighted by atomic mass is 31.2. The Balaban J connectivity index is 1.80. The zero-order chi connectivity index (χ0) is 24.5. The lowest BCUT2D eigenvalue weighted by atomic mass is 9.93. The van der Waals surface area contributed by atoms with E-state index in [4.69, 9.17) is 55.6 Å². The van der Waals surface area contributed by atoms with E-state index < -0.39 is 47.1 Å². The van der Waals surface area contributed by atoms with E-state index in [2.05, 4.69) is 0 Å². The lowest BCUT2D eigenvalue weighted by molar-refractivity contribution is -0.372. The fourth-order valence-electron chi connectivity index (χ4n) is 2.81. The first-order valence-corrected chi connectivity index (χ1v) is 13.0. The van der Waals surface area contributed by atoms with Crippen molar-refractivity contribution in [2.75, 3.05) is 53.9 Å². The SMILES string of the molecule is CCOC(C)OC(C)(OC)OP1OCC2(CO1)COP(OC(C)(OC)OC(C)OCC)OC2. The molecule has 12 nitrogen and oxygen atoms in total. The van der Waals surface area contributed by atoms with Crippen molar-refractivity contribution in [2.45, 2.75) is 66.1 Å². The summed E-state index contributed by atoms with van der Waals surface area (Å²) in [6.45, 7) is 12.7. The van der Waals surface area contributed by atoms with Crippen LogP contribution in [0.15, 0.2) is 0 Å². The second-order valence-electron chi connectivity index (χ2n) is 7.64. The second-order valence-corrected chi connectivity index (χ2v) is 9.93. The van der Waals surface area contributed by atoms with Crippen LogP contribution in [-0.2, 0) is 55.6 Å². The Bertz CT molecular complexity index is 507. The van der Waals surface area contributed by atoms with E-state index >= 15 is 0 Å². The Kier molecular flexibility index (Phi) is 12.2. The molecule has 4 atom stereocenters. The van der Waals surface area contributed by atoms with Crippen LogP contribution in [0.2, 0.25) is 0 Å². The maximum Gasteiger partial charge on any atom is 0.337 e. The predicted octanol–water partition coefficient (Wildman–Crippen LogP) is 3.99. The van der Waals surface area contributed by atoms with Crippen molar-refractivity contribution in [1.29, 1.82) is 0 Å². The minimum atomic E-state index is -1.70. The standard InChI is InChI=1S/C19H38O12P2/c1-9-22-15(3)28-17(5,20-7)30-32-24-11-19(12-25-32)13-26-33(27-14-19)31-18(6,21-8)29-16(4)23-10-2/h15-16H,9-14H2,1-8H3. The molecule has 2 rings (SSSR count). The smallest absolute Gasteiger partial charge is 0.337 e. The molecular weight excluding hydrogens is 482 g/mol. The molecule has 0 aromatic carbocycles. The number of ether oxygens (including phenoxy) is 6. The molecule has 0 aromatic heterocycles. The molecule has 33 heavy (non-hydrogen) atoms. The van der Waals surface area contributed by atoms with Gasteiger partial charge in [-0.15, -0.1) is 0 Å². The van der Waals surface area contributed by atoms with Crippen molar-refractivity contribution >= 4 is 17.2 Å². The van der Waals surface area contributed by atoms with Gasteiger partial charge in [0.05, 0.1) is 31.8 Å². The minimum absolute atomic E-state index is 0.308. The third-order valence-electron chi connectivity index (χ3n) is 4.69. The van der Waals surface area contributed by atoms with Crippen LogP contribution in [0.4, 0.5) is 0 Å². The summed E-state index contributed by atoms with van der Waals surface area (Å²) in [6, 6.07) is 0. The molecule has 0 radical (unpaired) electrons. The van der Waals surface area contributed by atoms with Gasteiger partial charge in [-0.2, -0.15) is 0 Å². The van der Waals surface area contributed by atoms with Gasteiger partial charge in [0, 0.05) is 41.3 Å². The van der Waals surface area contributed by atoms with E-state index in [0.29, 0.717) is 39.6 Å². The summed E-state index contributed by atoms with van der Waals surface area (Å²) in [5, 5.41) is 0. The summed E-state index contributed by atoms with van der Waals surface area (Å²) in [5.41, 5.74) is -0.490. The van der Waals surface area contributed by atoms with E-state index in [-0.39, 0.29) is 0 Å². The lowest BCUT2D eigenvalue weighted by Crippen LogP contribution is -2.46. The Labute approximate surface area is 198 Å². The summed E-state index contributed by atoms with van der Waals surface area (Å²) in [7, 11) is -0.466. The Morgan fingerprint density at radius 3 is 1.33 bits per heavy atom. The molecule has 2 aliphatic heterocycles. The van der Waals surface area contributed by atoms with E-state index in [1.54, 1.807) is 27.7 Å².